The molecule has 2 heterocycles. The Morgan fingerprint density at radius 3 is 2.67 bits per heavy atom. The van der Waals surface area contributed by atoms with E-state index >= 15 is 0 Å². The van der Waals surface area contributed by atoms with Crippen LogP contribution in [0.1, 0.15) is 32.3 Å². The molecule has 0 radical (unpaired) electrons. The lowest BCUT2D eigenvalue weighted by Gasteiger charge is -2.35. The number of aliphatic imine (C=N–C) groups is 1. The van der Waals surface area contributed by atoms with E-state index < -0.39 is 12.8 Å². The molecule has 0 unspecified atom stereocenters. The summed E-state index contributed by atoms with van der Waals surface area (Å²) in [5.41, 5.74) is 0.764. The summed E-state index contributed by atoms with van der Waals surface area (Å²) in [6.07, 6.45) is -0.860. The second kappa shape index (κ2) is 9.77. The fraction of sp³-hybridized carbons (Fsp3) is 0.667. The van der Waals surface area contributed by atoms with E-state index in [0.717, 1.165) is 31.5 Å². The maximum Gasteiger partial charge on any atom is 0.422 e. The van der Waals surface area contributed by atoms with Crippen molar-refractivity contribution >= 4 is 5.96 Å². The predicted molar refractivity (Wildman–Crippen MR) is 98.9 cm³/mol. The Hall–Kier alpha value is -2.03. The first-order chi connectivity index (χ1) is 12.8. The molecule has 1 aliphatic rings. The average molecular weight is 387 g/mol. The highest BCUT2D eigenvalue weighted by Crippen LogP contribution is 2.17. The van der Waals surface area contributed by atoms with Crippen LogP contribution < -0.4 is 15.4 Å². The van der Waals surface area contributed by atoms with E-state index in [2.05, 4.69) is 44.1 Å². The number of nitrogens with zero attached hydrogens (tertiary/aromatic N) is 3. The third-order valence-electron chi connectivity index (χ3n) is 4.47. The molecule has 1 aromatic rings. The summed E-state index contributed by atoms with van der Waals surface area (Å²) in [4.78, 5) is 10.5. The monoisotopic (exact) mass is 387 g/mol. The van der Waals surface area contributed by atoms with Crippen molar-refractivity contribution in [3.05, 3.63) is 23.9 Å². The number of piperidine rings is 1. The number of ether oxygens (including phenoxy) is 1. The largest absolute Gasteiger partial charge is 0.468 e. The van der Waals surface area contributed by atoms with Gasteiger partial charge in [-0.25, -0.2) is 4.98 Å². The third-order valence-corrected chi connectivity index (χ3v) is 4.47. The van der Waals surface area contributed by atoms with Gasteiger partial charge in [0, 0.05) is 51.0 Å². The van der Waals surface area contributed by atoms with E-state index in [9.17, 15) is 13.2 Å². The summed E-state index contributed by atoms with van der Waals surface area (Å²) >= 11 is 0. The molecule has 0 atom stereocenters. The van der Waals surface area contributed by atoms with E-state index in [1.807, 2.05) is 0 Å². The molecule has 27 heavy (non-hydrogen) atoms. The molecule has 6 nitrogen and oxygen atoms in total. The first-order valence-electron chi connectivity index (χ1n) is 9.12. The molecule has 2 N–H and O–H groups in total. The minimum atomic E-state index is -4.38. The summed E-state index contributed by atoms with van der Waals surface area (Å²) in [5, 5.41) is 6.60. The SMILES string of the molecule is CN=C(NCc1ccnc(OCC(F)(F)F)c1)NC1CCN(C(C)C)CC1. The van der Waals surface area contributed by atoms with Gasteiger partial charge in [0.05, 0.1) is 0 Å². The Morgan fingerprint density at radius 2 is 2.07 bits per heavy atom. The molecule has 1 aromatic heterocycles. The normalized spacial score (nSPS) is 17.2. The number of aromatic nitrogens is 1. The molecule has 0 aliphatic carbocycles. The Bertz CT molecular complexity index is 613. The molecule has 0 amide bonds. The summed E-state index contributed by atoms with van der Waals surface area (Å²) in [6, 6.07) is 4.13. The van der Waals surface area contributed by atoms with Crippen LogP contribution in [0.3, 0.4) is 0 Å². The van der Waals surface area contributed by atoms with Gasteiger partial charge in [-0.2, -0.15) is 13.2 Å². The quantitative estimate of drug-likeness (QED) is 0.580. The first kappa shape index (κ1) is 21.3. The Kier molecular flexibility index (Phi) is 7.70. The summed E-state index contributed by atoms with van der Waals surface area (Å²) in [5.74, 6) is 0.628. The van der Waals surface area contributed by atoms with Gasteiger partial charge in [0.2, 0.25) is 5.88 Å². The van der Waals surface area contributed by atoms with Crippen LogP contribution in [0, 0.1) is 0 Å². The number of alkyl halides is 3. The molecular formula is C18H28F3N5O. The molecule has 0 aromatic carbocycles. The number of hydrogen-bond acceptors (Lipinski definition) is 4. The zero-order valence-corrected chi connectivity index (χ0v) is 16.0. The van der Waals surface area contributed by atoms with Crippen LogP contribution in [0.5, 0.6) is 5.88 Å². The number of guanidine groups is 1. The van der Waals surface area contributed by atoms with E-state index in [1.54, 1.807) is 13.1 Å². The standard InChI is InChI=1S/C18H28F3N5O/c1-13(2)26-8-5-15(6-9-26)25-17(22-3)24-11-14-4-7-23-16(10-14)27-12-18(19,20)21/h4,7,10,13,15H,5-6,8-9,11-12H2,1-3H3,(H2,22,24,25). The van der Waals surface area contributed by atoms with Crippen molar-refractivity contribution in [2.45, 2.75) is 51.5 Å². The van der Waals surface area contributed by atoms with Crippen molar-refractivity contribution in [2.75, 3.05) is 26.7 Å². The first-order valence-corrected chi connectivity index (χ1v) is 9.12. The van der Waals surface area contributed by atoms with Gasteiger partial charge in [0.25, 0.3) is 0 Å². The minimum Gasteiger partial charge on any atom is -0.468 e. The lowest BCUT2D eigenvalue weighted by atomic mass is 10.0. The van der Waals surface area contributed by atoms with Gasteiger partial charge in [-0.15, -0.1) is 0 Å². The molecule has 2 rings (SSSR count). The lowest BCUT2D eigenvalue weighted by molar-refractivity contribution is -0.154. The van der Waals surface area contributed by atoms with Gasteiger partial charge >= 0.3 is 6.18 Å². The highest BCUT2D eigenvalue weighted by Gasteiger charge is 2.28. The molecule has 1 saturated heterocycles. The van der Waals surface area contributed by atoms with Gasteiger partial charge in [-0.3, -0.25) is 4.99 Å². The maximum absolute atomic E-state index is 12.2. The van der Waals surface area contributed by atoms with E-state index in [-0.39, 0.29) is 5.88 Å². The second-order valence-corrected chi connectivity index (χ2v) is 6.88. The number of nitrogens with one attached hydrogen (secondary N) is 2. The predicted octanol–water partition coefficient (Wildman–Crippen LogP) is 2.56. The van der Waals surface area contributed by atoms with Crippen molar-refractivity contribution in [1.82, 2.24) is 20.5 Å². The third kappa shape index (κ3) is 7.62. The topological polar surface area (TPSA) is 61.8 Å². The summed E-state index contributed by atoms with van der Waals surface area (Å²) in [7, 11) is 1.70. The zero-order chi connectivity index (χ0) is 19.9. The molecule has 0 saturated carbocycles. The smallest absolute Gasteiger partial charge is 0.422 e. The number of pyridine rings is 1. The van der Waals surface area contributed by atoms with E-state index in [0.29, 0.717) is 24.6 Å². The van der Waals surface area contributed by atoms with Crippen molar-refractivity contribution in [2.24, 2.45) is 4.99 Å². The van der Waals surface area contributed by atoms with Crippen LogP contribution in [-0.4, -0.2) is 60.8 Å². The van der Waals surface area contributed by atoms with Crippen LogP contribution in [0.2, 0.25) is 0 Å². The van der Waals surface area contributed by atoms with Crippen LogP contribution in [0.4, 0.5) is 13.2 Å². The second-order valence-electron chi connectivity index (χ2n) is 6.88. The number of likely N-dealkylation sites (tertiary alicyclic amines) is 1. The molecule has 0 bridgehead atoms. The average Bonchev–Trinajstić information content (AvgIpc) is 2.63. The molecule has 1 aliphatic heterocycles. The van der Waals surface area contributed by atoms with Crippen molar-refractivity contribution < 1.29 is 17.9 Å². The minimum absolute atomic E-state index is 0.0457. The lowest BCUT2D eigenvalue weighted by Crippen LogP contribution is -2.49. The molecule has 0 spiro atoms. The van der Waals surface area contributed by atoms with Crippen LogP contribution in [-0.2, 0) is 6.54 Å². The van der Waals surface area contributed by atoms with Crippen molar-refractivity contribution in [3.63, 3.8) is 0 Å². The van der Waals surface area contributed by atoms with Gasteiger partial charge in [0.15, 0.2) is 12.6 Å². The highest BCUT2D eigenvalue weighted by atomic mass is 19.4. The highest BCUT2D eigenvalue weighted by molar-refractivity contribution is 5.79. The fourth-order valence-corrected chi connectivity index (χ4v) is 2.93. The van der Waals surface area contributed by atoms with E-state index in [4.69, 9.17) is 0 Å². The van der Waals surface area contributed by atoms with Gasteiger partial charge in [-0.05, 0) is 38.3 Å². The maximum atomic E-state index is 12.2. The Labute approximate surface area is 158 Å². The molecular weight excluding hydrogens is 359 g/mol. The molecule has 152 valence electrons. The summed E-state index contributed by atoms with van der Waals surface area (Å²) < 4.78 is 41.4. The fourth-order valence-electron chi connectivity index (χ4n) is 2.93. The van der Waals surface area contributed by atoms with E-state index in [1.165, 1.54) is 12.3 Å². The van der Waals surface area contributed by atoms with Crippen molar-refractivity contribution in [1.29, 1.82) is 0 Å². The van der Waals surface area contributed by atoms with Gasteiger partial charge < -0.3 is 20.3 Å². The zero-order valence-electron chi connectivity index (χ0n) is 16.0. The number of halogens is 3. The number of hydrogen-bond donors (Lipinski definition) is 2. The summed E-state index contributed by atoms with van der Waals surface area (Å²) in [6.45, 7) is 5.57. The Morgan fingerprint density at radius 1 is 1.37 bits per heavy atom. The van der Waals surface area contributed by atoms with Crippen LogP contribution in [0.15, 0.2) is 23.3 Å². The van der Waals surface area contributed by atoms with Crippen molar-refractivity contribution in [3.8, 4) is 5.88 Å². The number of rotatable bonds is 6. The van der Waals surface area contributed by atoms with Gasteiger partial charge in [-0.1, -0.05) is 0 Å². The van der Waals surface area contributed by atoms with Gasteiger partial charge in [0.1, 0.15) is 0 Å². The van der Waals surface area contributed by atoms with Crippen LogP contribution in [0.25, 0.3) is 0 Å². The Balaban J connectivity index is 1.80. The van der Waals surface area contributed by atoms with Crippen LogP contribution >= 0.6 is 0 Å². The molecule has 1 fully saturated rings. The molecule has 9 heteroatoms.